The molecule has 7 nitrogen and oxygen atoms in total. The van der Waals surface area contributed by atoms with Crippen molar-refractivity contribution in [3.8, 4) is 5.75 Å². The number of nitrogens with zero attached hydrogens (tertiary/aromatic N) is 1. The molecule has 0 saturated carbocycles. The third-order valence-electron chi connectivity index (χ3n) is 4.49. The van der Waals surface area contributed by atoms with Gasteiger partial charge in [0.05, 0.1) is 24.9 Å². The lowest BCUT2D eigenvalue weighted by Gasteiger charge is -2.29. The summed E-state index contributed by atoms with van der Waals surface area (Å²) in [6.45, 7) is 0.547. The highest BCUT2D eigenvalue weighted by Gasteiger charge is 2.25. The molecule has 8 heteroatoms. The molecule has 2 N–H and O–H groups in total. The molecule has 0 bridgehead atoms. The molecular weight excluding hydrogens is 366 g/mol. The van der Waals surface area contributed by atoms with Crippen LogP contribution in [0.3, 0.4) is 0 Å². The Bertz CT molecular complexity index is 1120. The van der Waals surface area contributed by atoms with Gasteiger partial charge in [0, 0.05) is 28.9 Å². The number of aromatic nitrogens is 1. The highest BCUT2D eigenvalue weighted by atomic mass is 32.2. The maximum absolute atomic E-state index is 12.4. The van der Waals surface area contributed by atoms with Gasteiger partial charge in [-0.15, -0.1) is 0 Å². The molecule has 0 radical (unpaired) electrons. The molecule has 1 amide bonds. The van der Waals surface area contributed by atoms with Crippen LogP contribution in [0.5, 0.6) is 5.75 Å². The Morgan fingerprint density at radius 3 is 2.89 bits per heavy atom. The van der Waals surface area contributed by atoms with Gasteiger partial charge in [0.25, 0.3) is 0 Å². The van der Waals surface area contributed by atoms with Crippen LogP contribution in [-0.4, -0.2) is 38.7 Å². The molecule has 4 rings (SSSR count). The average Bonchev–Trinajstić information content (AvgIpc) is 3.03. The Morgan fingerprint density at radius 2 is 2.07 bits per heavy atom. The summed E-state index contributed by atoms with van der Waals surface area (Å²) in [6, 6.07) is 12.8. The average molecular weight is 385 g/mol. The summed E-state index contributed by atoms with van der Waals surface area (Å²) in [7, 11) is -3.37. The van der Waals surface area contributed by atoms with Crippen molar-refractivity contribution in [2.45, 2.75) is 6.42 Å². The van der Waals surface area contributed by atoms with Crippen molar-refractivity contribution >= 4 is 38.2 Å². The van der Waals surface area contributed by atoms with E-state index in [-0.39, 0.29) is 25.5 Å². The number of nitrogens with one attached hydrogen (secondary N) is 2. The first-order chi connectivity index (χ1) is 12.9. The lowest BCUT2D eigenvalue weighted by atomic mass is 10.1. The van der Waals surface area contributed by atoms with Crippen molar-refractivity contribution in [2.75, 3.05) is 29.0 Å². The molecule has 3 aromatic rings. The normalized spacial score (nSPS) is 13.9. The zero-order valence-corrected chi connectivity index (χ0v) is 15.5. The summed E-state index contributed by atoms with van der Waals surface area (Å²) in [6.07, 6.45) is 3.24. The smallest absolute Gasteiger partial charge is 0.232 e. The summed E-state index contributed by atoms with van der Waals surface area (Å²) < 4.78 is 30.7. The number of ether oxygens (including phenoxy) is 1. The van der Waals surface area contributed by atoms with Gasteiger partial charge >= 0.3 is 0 Å². The minimum Gasteiger partial charge on any atom is -0.489 e. The fourth-order valence-electron chi connectivity index (χ4n) is 3.27. The molecule has 0 fully saturated rings. The molecule has 140 valence electrons. The molecule has 2 aromatic carbocycles. The first-order valence-corrected chi connectivity index (χ1v) is 10.4. The summed E-state index contributed by atoms with van der Waals surface area (Å²) in [5.74, 6) is 0.284. The number of carbonyl (C=O) groups excluding carboxylic acids is 1. The monoisotopic (exact) mass is 385 g/mol. The number of anilines is 2. The topological polar surface area (TPSA) is 91.5 Å². The summed E-state index contributed by atoms with van der Waals surface area (Å²) in [4.78, 5) is 15.6. The van der Waals surface area contributed by atoms with Gasteiger partial charge in [-0.1, -0.05) is 18.2 Å². The van der Waals surface area contributed by atoms with Crippen LogP contribution in [0.1, 0.15) is 5.56 Å². The van der Waals surface area contributed by atoms with Crippen molar-refractivity contribution in [3.63, 3.8) is 0 Å². The van der Waals surface area contributed by atoms with E-state index < -0.39 is 10.0 Å². The fourth-order valence-corrected chi connectivity index (χ4v) is 4.19. The zero-order chi connectivity index (χ0) is 19.0. The Kier molecular flexibility index (Phi) is 4.27. The molecule has 2 heterocycles. The van der Waals surface area contributed by atoms with Crippen LogP contribution >= 0.6 is 0 Å². The fraction of sp³-hybridized carbons (Fsp3) is 0.211. The Morgan fingerprint density at radius 1 is 1.26 bits per heavy atom. The highest BCUT2D eigenvalue weighted by molar-refractivity contribution is 7.92. The number of carbonyl (C=O) groups is 1. The quantitative estimate of drug-likeness (QED) is 0.722. The molecule has 1 aromatic heterocycles. The number of sulfonamides is 1. The number of hydrogen-bond donors (Lipinski definition) is 2. The van der Waals surface area contributed by atoms with Crippen LogP contribution in [0, 0.1) is 0 Å². The van der Waals surface area contributed by atoms with Crippen LogP contribution in [0.4, 0.5) is 11.4 Å². The maximum atomic E-state index is 12.4. The number of rotatable bonds is 4. The first-order valence-electron chi connectivity index (χ1n) is 8.51. The number of para-hydroxylation sites is 1. The predicted octanol–water partition coefficient (Wildman–Crippen LogP) is 2.51. The lowest BCUT2D eigenvalue weighted by Crippen LogP contribution is -2.37. The van der Waals surface area contributed by atoms with E-state index in [1.54, 1.807) is 18.2 Å². The van der Waals surface area contributed by atoms with Crippen molar-refractivity contribution in [1.82, 2.24) is 4.98 Å². The number of hydrogen-bond acceptors (Lipinski definition) is 4. The van der Waals surface area contributed by atoms with Gasteiger partial charge in [0.15, 0.2) is 0 Å². The van der Waals surface area contributed by atoms with E-state index in [0.717, 1.165) is 16.5 Å². The van der Waals surface area contributed by atoms with E-state index in [1.165, 1.54) is 10.6 Å². The molecule has 0 saturated heterocycles. The lowest BCUT2D eigenvalue weighted by molar-refractivity contribution is -0.115. The van der Waals surface area contributed by atoms with Crippen molar-refractivity contribution in [2.24, 2.45) is 0 Å². The molecule has 0 unspecified atom stereocenters. The molecule has 0 atom stereocenters. The Hall–Kier alpha value is -3.00. The standard InChI is InChI=1S/C19H19N3O4S/c1-27(24,25)22-8-9-26-18-11-14(6-7-17(18)22)21-19(23)10-13-12-20-16-5-3-2-4-15(13)16/h2-7,11-12,20H,8-10H2,1H3,(H,21,23). The number of fused-ring (bicyclic) bond motifs is 2. The van der Waals surface area contributed by atoms with Crippen molar-refractivity contribution in [1.29, 1.82) is 0 Å². The van der Waals surface area contributed by atoms with E-state index >= 15 is 0 Å². The van der Waals surface area contributed by atoms with E-state index in [0.29, 0.717) is 17.1 Å². The number of benzene rings is 2. The van der Waals surface area contributed by atoms with Gasteiger partial charge in [-0.25, -0.2) is 8.42 Å². The van der Waals surface area contributed by atoms with Crippen LogP contribution in [0.2, 0.25) is 0 Å². The summed E-state index contributed by atoms with van der Waals surface area (Å²) >= 11 is 0. The van der Waals surface area contributed by atoms with Gasteiger partial charge in [-0.3, -0.25) is 9.10 Å². The van der Waals surface area contributed by atoms with E-state index in [1.807, 2.05) is 30.5 Å². The SMILES string of the molecule is CS(=O)(=O)N1CCOc2cc(NC(=O)Cc3c[nH]c4ccccc34)ccc21. The largest absolute Gasteiger partial charge is 0.489 e. The van der Waals surface area contributed by atoms with Crippen LogP contribution in [0.25, 0.3) is 10.9 Å². The minimum absolute atomic E-state index is 0.157. The highest BCUT2D eigenvalue weighted by Crippen LogP contribution is 2.35. The van der Waals surface area contributed by atoms with Crippen molar-refractivity contribution < 1.29 is 17.9 Å². The molecule has 0 aliphatic carbocycles. The molecule has 27 heavy (non-hydrogen) atoms. The first kappa shape index (κ1) is 17.4. The van der Waals surface area contributed by atoms with Gasteiger partial charge < -0.3 is 15.0 Å². The molecule has 1 aliphatic rings. The van der Waals surface area contributed by atoms with Crippen LogP contribution in [-0.2, 0) is 21.2 Å². The van der Waals surface area contributed by atoms with Crippen LogP contribution in [0.15, 0.2) is 48.7 Å². The van der Waals surface area contributed by atoms with Gasteiger partial charge in [-0.05, 0) is 23.8 Å². The van der Waals surface area contributed by atoms with E-state index in [4.69, 9.17) is 4.74 Å². The summed E-state index contributed by atoms with van der Waals surface area (Å²) in [5.41, 5.74) is 2.95. The number of H-pyrrole nitrogens is 1. The van der Waals surface area contributed by atoms with Crippen molar-refractivity contribution in [3.05, 3.63) is 54.2 Å². The number of amides is 1. The molecular formula is C19H19N3O4S. The predicted molar refractivity (Wildman–Crippen MR) is 105 cm³/mol. The molecule has 1 aliphatic heterocycles. The zero-order valence-electron chi connectivity index (χ0n) is 14.7. The molecule has 0 spiro atoms. The van der Waals surface area contributed by atoms with Gasteiger partial charge in [0.2, 0.25) is 15.9 Å². The van der Waals surface area contributed by atoms with Gasteiger partial charge in [0.1, 0.15) is 12.4 Å². The van der Waals surface area contributed by atoms with Gasteiger partial charge in [-0.2, -0.15) is 0 Å². The van der Waals surface area contributed by atoms with Crippen LogP contribution < -0.4 is 14.4 Å². The third kappa shape index (κ3) is 3.48. The number of aromatic amines is 1. The second kappa shape index (κ2) is 6.62. The Balaban J connectivity index is 1.52. The second-order valence-electron chi connectivity index (χ2n) is 6.45. The second-order valence-corrected chi connectivity index (χ2v) is 8.36. The Labute approximate surface area is 157 Å². The van der Waals surface area contributed by atoms with E-state index in [9.17, 15) is 13.2 Å². The van der Waals surface area contributed by atoms with E-state index in [2.05, 4.69) is 10.3 Å². The minimum atomic E-state index is -3.37. The third-order valence-corrected chi connectivity index (χ3v) is 5.67. The summed E-state index contributed by atoms with van der Waals surface area (Å²) in [5, 5.41) is 3.87. The maximum Gasteiger partial charge on any atom is 0.232 e.